The number of fused-ring (bicyclic) bond motifs is 5. The third-order valence-electron chi connectivity index (χ3n) is 9.15. The van der Waals surface area contributed by atoms with Crippen LogP contribution in [0.5, 0.6) is 0 Å². The van der Waals surface area contributed by atoms with Gasteiger partial charge in [0.2, 0.25) is 5.95 Å². The van der Waals surface area contributed by atoms with Crippen LogP contribution in [-0.4, -0.2) is 15.0 Å². The molecule has 1 aliphatic rings. The number of hydrogen-bond acceptors (Lipinski definition) is 4. The highest BCUT2D eigenvalue weighted by atomic mass is 15.3. The van der Waals surface area contributed by atoms with Gasteiger partial charge in [-0.25, -0.2) is 15.0 Å². The lowest BCUT2D eigenvalue weighted by atomic mass is 9.93. The molecule has 0 amide bonds. The SMILES string of the molecule is C=Cc1ccc(-c2cc(-c3cccc4ccccc34)nc(N3c4ccccc4-c4nc5ccccc5c5cccc3c45)n2)cc1C=C. The van der Waals surface area contributed by atoms with E-state index in [4.69, 9.17) is 15.0 Å². The molecule has 47 heavy (non-hydrogen) atoms. The van der Waals surface area contributed by atoms with Gasteiger partial charge in [0, 0.05) is 27.5 Å². The Morgan fingerprint density at radius 2 is 1.19 bits per heavy atom. The van der Waals surface area contributed by atoms with Gasteiger partial charge in [-0.1, -0.05) is 128 Å². The maximum absolute atomic E-state index is 5.36. The standard InChI is InChI=1S/C43H28N4/c1-3-27-23-24-30(25-28(27)4-2)37-26-38(32-18-11-14-29-13-5-6-15-31(29)32)46-43(45-37)47-39-21-10-8-17-35(39)42-41-34(19-12-22-40(41)47)33-16-7-9-20-36(33)44-42/h3-26H,1-2H2. The van der Waals surface area contributed by atoms with Crippen LogP contribution in [-0.2, 0) is 0 Å². The summed E-state index contributed by atoms with van der Waals surface area (Å²) in [5, 5.41) is 5.67. The Labute approximate surface area is 272 Å². The lowest BCUT2D eigenvalue weighted by molar-refractivity contribution is 1.09. The summed E-state index contributed by atoms with van der Waals surface area (Å²) in [6.07, 6.45) is 3.72. The first kappa shape index (κ1) is 27.0. The maximum atomic E-state index is 5.36. The molecule has 1 aliphatic heterocycles. The minimum absolute atomic E-state index is 0.595. The number of rotatable bonds is 5. The Kier molecular flexibility index (Phi) is 6.09. The van der Waals surface area contributed by atoms with E-state index < -0.39 is 0 Å². The van der Waals surface area contributed by atoms with E-state index in [9.17, 15) is 0 Å². The minimum atomic E-state index is 0.595. The van der Waals surface area contributed by atoms with E-state index in [1.165, 1.54) is 0 Å². The van der Waals surface area contributed by atoms with Crippen molar-refractivity contribution >= 4 is 61.9 Å². The molecule has 0 N–H and O–H groups in total. The Morgan fingerprint density at radius 3 is 2.09 bits per heavy atom. The number of benzene rings is 6. The smallest absolute Gasteiger partial charge is 0.235 e. The van der Waals surface area contributed by atoms with Crippen molar-refractivity contribution in [1.29, 1.82) is 0 Å². The maximum Gasteiger partial charge on any atom is 0.235 e. The van der Waals surface area contributed by atoms with Crippen LogP contribution in [0.2, 0.25) is 0 Å². The lowest BCUT2D eigenvalue weighted by Gasteiger charge is -2.32. The van der Waals surface area contributed by atoms with Crippen molar-refractivity contribution in [2.45, 2.75) is 0 Å². The fourth-order valence-corrected chi connectivity index (χ4v) is 6.95. The van der Waals surface area contributed by atoms with Crippen LogP contribution in [0.4, 0.5) is 17.3 Å². The second-order valence-electron chi connectivity index (χ2n) is 11.7. The second kappa shape index (κ2) is 10.6. The Bertz CT molecular complexity index is 2580. The zero-order valence-corrected chi connectivity index (χ0v) is 25.6. The average Bonchev–Trinajstić information content (AvgIpc) is 3.14. The topological polar surface area (TPSA) is 41.9 Å². The molecule has 0 unspecified atom stereocenters. The Hall–Kier alpha value is -6.39. The van der Waals surface area contributed by atoms with Crippen molar-refractivity contribution in [3.8, 4) is 33.8 Å². The summed E-state index contributed by atoms with van der Waals surface area (Å²) in [5.41, 5.74) is 10.7. The van der Waals surface area contributed by atoms with Crippen LogP contribution >= 0.6 is 0 Å². The quantitative estimate of drug-likeness (QED) is 0.184. The van der Waals surface area contributed by atoms with Gasteiger partial charge >= 0.3 is 0 Å². The monoisotopic (exact) mass is 600 g/mol. The van der Waals surface area contributed by atoms with Gasteiger partial charge in [-0.3, -0.25) is 4.90 Å². The van der Waals surface area contributed by atoms with Gasteiger partial charge in [0.1, 0.15) is 0 Å². The number of hydrogen-bond donors (Lipinski definition) is 0. The lowest BCUT2D eigenvalue weighted by Crippen LogP contribution is -2.18. The van der Waals surface area contributed by atoms with E-state index in [0.717, 1.165) is 88.7 Å². The molecule has 0 bridgehead atoms. The van der Waals surface area contributed by atoms with E-state index >= 15 is 0 Å². The normalized spacial score (nSPS) is 12.0. The van der Waals surface area contributed by atoms with E-state index in [-0.39, 0.29) is 0 Å². The Morgan fingerprint density at radius 1 is 0.511 bits per heavy atom. The van der Waals surface area contributed by atoms with E-state index in [2.05, 4.69) is 145 Å². The fraction of sp³-hybridized carbons (Fsp3) is 0. The predicted molar refractivity (Wildman–Crippen MR) is 197 cm³/mol. The first-order valence-corrected chi connectivity index (χ1v) is 15.7. The summed E-state index contributed by atoms with van der Waals surface area (Å²) in [7, 11) is 0. The van der Waals surface area contributed by atoms with Crippen LogP contribution in [0.25, 0.3) is 78.4 Å². The van der Waals surface area contributed by atoms with Crippen LogP contribution < -0.4 is 4.90 Å². The molecule has 0 radical (unpaired) electrons. The number of anilines is 3. The fourth-order valence-electron chi connectivity index (χ4n) is 6.95. The average molecular weight is 601 g/mol. The molecule has 6 aromatic carbocycles. The molecule has 4 nitrogen and oxygen atoms in total. The van der Waals surface area contributed by atoms with Gasteiger partial charge < -0.3 is 0 Å². The molecule has 4 heteroatoms. The summed E-state index contributed by atoms with van der Waals surface area (Å²) in [6.45, 7) is 8.05. The molecule has 8 aromatic rings. The molecule has 3 heterocycles. The minimum Gasteiger partial charge on any atom is -0.278 e. The van der Waals surface area contributed by atoms with Crippen LogP contribution in [0, 0.1) is 0 Å². The molecule has 0 fully saturated rings. The van der Waals surface area contributed by atoms with Gasteiger partial charge in [0.15, 0.2) is 0 Å². The molecule has 0 aliphatic carbocycles. The molecule has 0 saturated heterocycles. The van der Waals surface area contributed by atoms with E-state index in [0.29, 0.717) is 5.95 Å². The molecule has 220 valence electrons. The van der Waals surface area contributed by atoms with Gasteiger partial charge in [-0.15, -0.1) is 0 Å². The summed E-state index contributed by atoms with van der Waals surface area (Å²) < 4.78 is 0. The molecular formula is C43H28N4. The summed E-state index contributed by atoms with van der Waals surface area (Å²) in [4.78, 5) is 18.1. The molecular weight excluding hydrogens is 573 g/mol. The van der Waals surface area contributed by atoms with Crippen LogP contribution in [0.1, 0.15) is 11.1 Å². The molecule has 0 spiro atoms. The van der Waals surface area contributed by atoms with Gasteiger partial charge in [0.25, 0.3) is 0 Å². The predicted octanol–water partition coefficient (Wildman–Crippen LogP) is 11.4. The van der Waals surface area contributed by atoms with Gasteiger partial charge in [0.05, 0.1) is 34.0 Å². The van der Waals surface area contributed by atoms with Gasteiger partial charge in [-0.2, -0.15) is 0 Å². The number of pyridine rings is 1. The first-order chi connectivity index (χ1) is 23.2. The van der Waals surface area contributed by atoms with Gasteiger partial charge in [-0.05, 0) is 57.6 Å². The van der Waals surface area contributed by atoms with Crippen LogP contribution in [0.3, 0.4) is 0 Å². The third kappa shape index (κ3) is 4.19. The first-order valence-electron chi connectivity index (χ1n) is 15.7. The zero-order valence-electron chi connectivity index (χ0n) is 25.6. The highest BCUT2D eigenvalue weighted by Crippen LogP contribution is 2.51. The highest BCUT2D eigenvalue weighted by Gasteiger charge is 2.30. The zero-order chi connectivity index (χ0) is 31.5. The summed E-state index contributed by atoms with van der Waals surface area (Å²) in [5.74, 6) is 0.595. The molecule has 0 atom stereocenters. The van der Waals surface area contributed by atoms with Crippen molar-refractivity contribution in [1.82, 2.24) is 15.0 Å². The van der Waals surface area contributed by atoms with Crippen molar-refractivity contribution in [3.05, 3.63) is 158 Å². The molecule has 0 saturated carbocycles. The number of para-hydroxylation sites is 2. The second-order valence-corrected chi connectivity index (χ2v) is 11.7. The largest absolute Gasteiger partial charge is 0.278 e. The molecule has 2 aromatic heterocycles. The number of nitrogens with zero attached hydrogens (tertiary/aromatic N) is 4. The van der Waals surface area contributed by atoms with Crippen molar-refractivity contribution in [2.24, 2.45) is 0 Å². The summed E-state index contributed by atoms with van der Waals surface area (Å²) >= 11 is 0. The van der Waals surface area contributed by atoms with Crippen molar-refractivity contribution in [2.75, 3.05) is 4.90 Å². The number of aromatic nitrogens is 3. The van der Waals surface area contributed by atoms with E-state index in [1.54, 1.807) is 0 Å². The third-order valence-corrected chi connectivity index (χ3v) is 9.15. The van der Waals surface area contributed by atoms with Crippen molar-refractivity contribution < 1.29 is 0 Å². The van der Waals surface area contributed by atoms with Crippen LogP contribution in [0.15, 0.2) is 147 Å². The van der Waals surface area contributed by atoms with E-state index in [1.807, 2.05) is 18.2 Å². The van der Waals surface area contributed by atoms with Crippen molar-refractivity contribution in [3.63, 3.8) is 0 Å². The molecule has 9 rings (SSSR count). The summed E-state index contributed by atoms with van der Waals surface area (Å²) in [6, 6.07) is 46.5. The highest BCUT2D eigenvalue weighted by molar-refractivity contribution is 6.19. The Balaban J connectivity index is 1.37.